The molecular weight excluding hydrogens is 356 g/mol. The molecule has 0 aliphatic carbocycles. The normalized spacial score (nSPS) is 19.6. The SMILES string of the molecule is O=C(O)C1CCN(Cc2cccc(NC(=O)C3COc4ccccc43)c2)CC1. The van der Waals surface area contributed by atoms with E-state index in [0.29, 0.717) is 19.4 Å². The number of anilines is 1. The monoisotopic (exact) mass is 380 g/mol. The van der Waals surface area contributed by atoms with Gasteiger partial charge in [0.2, 0.25) is 5.91 Å². The Labute approximate surface area is 164 Å². The second kappa shape index (κ2) is 8.02. The Morgan fingerprint density at radius 1 is 1.11 bits per heavy atom. The van der Waals surface area contributed by atoms with Crippen molar-refractivity contribution in [3.05, 3.63) is 59.7 Å². The minimum atomic E-state index is -0.693. The van der Waals surface area contributed by atoms with Gasteiger partial charge in [0.05, 0.1) is 5.92 Å². The summed E-state index contributed by atoms with van der Waals surface area (Å²) in [4.78, 5) is 26.1. The fraction of sp³-hybridized carbons (Fsp3) is 0.364. The van der Waals surface area contributed by atoms with E-state index in [1.165, 1.54) is 0 Å². The minimum absolute atomic E-state index is 0.0654. The van der Waals surface area contributed by atoms with Crippen LogP contribution in [0.5, 0.6) is 5.75 Å². The number of carbonyl (C=O) groups is 2. The molecular formula is C22H24N2O4. The number of carbonyl (C=O) groups excluding carboxylic acids is 1. The largest absolute Gasteiger partial charge is 0.492 e. The van der Waals surface area contributed by atoms with Gasteiger partial charge in [0.15, 0.2) is 0 Å². The standard InChI is InChI=1S/C22H24N2O4/c25-21(19-14-28-20-7-2-1-6-18(19)20)23-17-5-3-4-15(12-17)13-24-10-8-16(9-11-24)22(26)27/h1-7,12,16,19H,8-11,13-14H2,(H,23,25)(H,26,27). The highest BCUT2D eigenvalue weighted by Gasteiger charge is 2.30. The Kier molecular flexibility index (Phi) is 5.30. The lowest BCUT2D eigenvalue weighted by atomic mass is 9.97. The van der Waals surface area contributed by atoms with Crippen molar-refractivity contribution in [1.29, 1.82) is 0 Å². The van der Waals surface area contributed by atoms with E-state index in [2.05, 4.69) is 10.2 Å². The number of hydrogen-bond donors (Lipinski definition) is 2. The van der Waals surface area contributed by atoms with Crippen LogP contribution in [-0.4, -0.2) is 41.6 Å². The van der Waals surface area contributed by atoms with Crippen LogP contribution in [0.2, 0.25) is 0 Å². The minimum Gasteiger partial charge on any atom is -0.492 e. The van der Waals surface area contributed by atoms with Crippen molar-refractivity contribution >= 4 is 17.6 Å². The molecule has 2 aliphatic heterocycles. The fourth-order valence-electron chi connectivity index (χ4n) is 3.95. The molecule has 0 radical (unpaired) electrons. The van der Waals surface area contributed by atoms with Gasteiger partial charge in [-0.1, -0.05) is 30.3 Å². The van der Waals surface area contributed by atoms with E-state index in [0.717, 1.165) is 42.2 Å². The van der Waals surface area contributed by atoms with Gasteiger partial charge in [-0.25, -0.2) is 0 Å². The van der Waals surface area contributed by atoms with E-state index in [1.54, 1.807) is 0 Å². The maximum absolute atomic E-state index is 12.7. The number of nitrogens with zero attached hydrogens (tertiary/aromatic N) is 1. The van der Waals surface area contributed by atoms with Gasteiger partial charge >= 0.3 is 5.97 Å². The van der Waals surface area contributed by atoms with Gasteiger partial charge in [0.25, 0.3) is 0 Å². The number of likely N-dealkylation sites (tertiary alicyclic amines) is 1. The summed E-state index contributed by atoms with van der Waals surface area (Å²) in [5, 5.41) is 12.1. The first-order valence-electron chi connectivity index (χ1n) is 9.67. The molecule has 28 heavy (non-hydrogen) atoms. The second-order valence-corrected chi connectivity index (χ2v) is 7.48. The molecule has 2 aromatic carbocycles. The van der Waals surface area contributed by atoms with Crippen LogP contribution in [0.1, 0.15) is 29.9 Å². The highest BCUT2D eigenvalue weighted by atomic mass is 16.5. The van der Waals surface area contributed by atoms with Gasteiger partial charge in [0.1, 0.15) is 18.3 Å². The van der Waals surface area contributed by atoms with Gasteiger partial charge in [-0.15, -0.1) is 0 Å². The van der Waals surface area contributed by atoms with E-state index in [-0.39, 0.29) is 17.7 Å². The zero-order valence-corrected chi connectivity index (χ0v) is 15.6. The van der Waals surface area contributed by atoms with E-state index < -0.39 is 5.97 Å². The van der Waals surface area contributed by atoms with Crippen LogP contribution in [0.3, 0.4) is 0 Å². The maximum atomic E-state index is 12.7. The van der Waals surface area contributed by atoms with Gasteiger partial charge in [-0.2, -0.15) is 0 Å². The average molecular weight is 380 g/mol. The summed E-state index contributed by atoms with van der Waals surface area (Å²) in [5.41, 5.74) is 2.81. The van der Waals surface area contributed by atoms with E-state index in [1.807, 2.05) is 48.5 Å². The molecule has 1 atom stereocenters. The Morgan fingerprint density at radius 3 is 2.68 bits per heavy atom. The summed E-state index contributed by atoms with van der Waals surface area (Å²) in [6, 6.07) is 15.5. The van der Waals surface area contributed by atoms with Crippen molar-refractivity contribution in [2.24, 2.45) is 5.92 Å². The Bertz CT molecular complexity index is 874. The molecule has 1 amide bonds. The number of fused-ring (bicyclic) bond motifs is 1. The third-order valence-corrected chi connectivity index (χ3v) is 5.55. The third-order valence-electron chi connectivity index (χ3n) is 5.55. The molecule has 0 spiro atoms. The van der Waals surface area contributed by atoms with Crippen LogP contribution in [0.4, 0.5) is 5.69 Å². The molecule has 1 saturated heterocycles. The summed E-state index contributed by atoms with van der Waals surface area (Å²) in [6.07, 6.45) is 1.37. The van der Waals surface area contributed by atoms with Crippen molar-refractivity contribution < 1.29 is 19.4 Å². The van der Waals surface area contributed by atoms with E-state index >= 15 is 0 Å². The average Bonchev–Trinajstić information content (AvgIpc) is 3.13. The second-order valence-electron chi connectivity index (χ2n) is 7.48. The van der Waals surface area contributed by atoms with Gasteiger partial charge in [-0.3, -0.25) is 14.5 Å². The number of amides is 1. The van der Waals surface area contributed by atoms with Gasteiger partial charge < -0.3 is 15.2 Å². The number of rotatable bonds is 5. The van der Waals surface area contributed by atoms with Crippen molar-refractivity contribution in [3.8, 4) is 5.75 Å². The van der Waals surface area contributed by atoms with Crippen LogP contribution >= 0.6 is 0 Å². The highest BCUT2D eigenvalue weighted by Crippen LogP contribution is 2.34. The number of para-hydroxylation sites is 1. The molecule has 146 valence electrons. The van der Waals surface area contributed by atoms with Crippen LogP contribution in [0.15, 0.2) is 48.5 Å². The third kappa shape index (κ3) is 4.02. The topological polar surface area (TPSA) is 78.9 Å². The molecule has 0 saturated carbocycles. The number of piperidine rings is 1. The molecule has 4 rings (SSSR count). The van der Waals surface area contributed by atoms with Crippen LogP contribution in [-0.2, 0) is 16.1 Å². The molecule has 1 unspecified atom stereocenters. The first-order valence-corrected chi connectivity index (χ1v) is 9.67. The number of nitrogens with one attached hydrogen (secondary N) is 1. The number of carboxylic acid groups (broad SMARTS) is 1. The molecule has 2 aliphatic rings. The lowest BCUT2D eigenvalue weighted by Gasteiger charge is -2.30. The zero-order valence-electron chi connectivity index (χ0n) is 15.6. The van der Waals surface area contributed by atoms with Crippen LogP contribution < -0.4 is 10.1 Å². The van der Waals surface area contributed by atoms with Crippen LogP contribution in [0.25, 0.3) is 0 Å². The fourth-order valence-corrected chi connectivity index (χ4v) is 3.95. The molecule has 0 bridgehead atoms. The molecule has 6 nitrogen and oxygen atoms in total. The summed E-state index contributed by atoms with van der Waals surface area (Å²) < 4.78 is 5.61. The van der Waals surface area contributed by atoms with Crippen molar-refractivity contribution in [3.63, 3.8) is 0 Å². The first kappa shape index (κ1) is 18.5. The van der Waals surface area contributed by atoms with Gasteiger partial charge in [0, 0.05) is 17.8 Å². The molecule has 0 aromatic heterocycles. The number of aliphatic carboxylic acids is 1. The predicted octanol–water partition coefficient (Wildman–Crippen LogP) is 3.10. The van der Waals surface area contributed by atoms with E-state index in [4.69, 9.17) is 9.84 Å². The molecule has 2 N–H and O–H groups in total. The van der Waals surface area contributed by atoms with Gasteiger partial charge in [-0.05, 0) is 49.7 Å². The lowest BCUT2D eigenvalue weighted by molar-refractivity contribution is -0.143. The molecule has 6 heteroatoms. The Morgan fingerprint density at radius 2 is 1.89 bits per heavy atom. The van der Waals surface area contributed by atoms with Crippen molar-refractivity contribution in [1.82, 2.24) is 4.90 Å². The first-order chi connectivity index (χ1) is 13.6. The number of carboxylic acids is 1. The number of benzene rings is 2. The molecule has 2 aromatic rings. The smallest absolute Gasteiger partial charge is 0.306 e. The Hall–Kier alpha value is -2.86. The van der Waals surface area contributed by atoms with E-state index in [9.17, 15) is 9.59 Å². The molecule has 2 heterocycles. The quantitative estimate of drug-likeness (QED) is 0.833. The maximum Gasteiger partial charge on any atom is 0.306 e. The zero-order chi connectivity index (χ0) is 19.5. The Balaban J connectivity index is 1.37. The predicted molar refractivity (Wildman–Crippen MR) is 105 cm³/mol. The highest BCUT2D eigenvalue weighted by molar-refractivity contribution is 5.97. The van der Waals surface area contributed by atoms with Crippen molar-refractivity contribution in [2.75, 3.05) is 25.0 Å². The lowest BCUT2D eigenvalue weighted by Crippen LogP contribution is -2.35. The molecule has 1 fully saturated rings. The number of hydrogen-bond acceptors (Lipinski definition) is 4. The summed E-state index contributed by atoms with van der Waals surface area (Å²) in [6.45, 7) is 2.68. The summed E-state index contributed by atoms with van der Waals surface area (Å²) in [5.74, 6) is -0.499. The van der Waals surface area contributed by atoms with Crippen LogP contribution in [0, 0.1) is 5.92 Å². The van der Waals surface area contributed by atoms with Crippen molar-refractivity contribution in [2.45, 2.75) is 25.3 Å². The summed E-state index contributed by atoms with van der Waals surface area (Å²) in [7, 11) is 0. The number of ether oxygens (including phenoxy) is 1. The summed E-state index contributed by atoms with van der Waals surface area (Å²) >= 11 is 0.